The fourth-order valence-electron chi connectivity index (χ4n) is 2.00. The summed E-state index contributed by atoms with van der Waals surface area (Å²) in [5.41, 5.74) is 0. The van der Waals surface area contributed by atoms with E-state index in [1.165, 1.54) is 0 Å². The minimum Gasteiger partial charge on any atom is -0.379 e. The Kier molecular flexibility index (Phi) is 3.43. The van der Waals surface area contributed by atoms with Gasteiger partial charge in [-0.05, 0) is 25.7 Å². The highest BCUT2D eigenvalue weighted by Gasteiger charge is 2.28. The highest BCUT2D eigenvalue weighted by molar-refractivity contribution is 7.93. The Balaban J connectivity index is 2.14. The summed E-state index contributed by atoms with van der Waals surface area (Å²) in [6, 6.07) is 0. The van der Waals surface area contributed by atoms with E-state index >= 15 is 0 Å². The van der Waals surface area contributed by atoms with Gasteiger partial charge in [0.2, 0.25) is 10.0 Å². The van der Waals surface area contributed by atoms with E-state index < -0.39 is 10.0 Å². The van der Waals surface area contributed by atoms with E-state index in [9.17, 15) is 8.42 Å². The SMILES string of the molecule is O=S(=O)(C1=CCCCC1)N1CCOCC1. The highest BCUT2D eigenvalue weighted by Crippen LogP contribution is 2.25. The van der Waals surface area contributed by atoms with Crippen molar-refractivity contribution in [2.75, 3.05) is 26.3 Å². The summed E-state index contributed by atoms with van der Waals surface area (Å²) in [5, 5.41) is 0. The molecular formula is C10H17NO3S. The zero-order chi connectivity index (χ0) is 10.7. The van der Waals surface area contributed by atoms with Gasteiger partial charge in [-0.1, -0.05) is 6.08 Å². The molecule has 2 aliphatic rings. The lowest BCUT2D eigenvalue weighted by Crippen LogP contribution is -2.41. The van der Waals surface area contributed by atoms with Gasteiger partial charge in [-0.25, -0.2) is 8.42 Å². The van der Waals surface area contributed by atoms with Crippen LogP contribution >= 0.6 is 0 Å². The second kappa shape index (κ2) is 4.63. The normalized spacial score (nSPS) is 24.9. The van der Waals surface area contributed by atoms with Gasteiger partial charge in [0.1, 0.15) is 0 Å². The number of allylic oxidation sites excluding steroid dienone is 2. The lowest BCUT2D eigenvalue weighted by atomic mass is 10.1. The van der Waals surface area contributed by atoms with Crippen LogP contribution in [0.25, 0.3) is 0 Å². The van der Waals surface area contributed by atoms with Crippen molar-refractivity contribution in [3.63, 3.8) is 0 Å². The summed E-state index contributed by atoms with van der Waals surface area (Å²) in [5.74, 6) is 0. The molecular weight excluding hydrogens is 214 g/mol. The molecule has 1 aliphatic heterocycles. The first-order chi connectivity index (χ1) is 7.21. The monoisotopic (exact) mass is 231 g/mol. The van der Waals surface area contributed by atoms with Crippen LogP contribution in [0.3, 0.4) is 0 Å². The van der Waals surface area contributed by atoms with Gasteiger partial charge in [-0.15, -0.1) is 0 Å². The summed E-state index contributed by atoms with van der Waals surface area (Å²) in [4.78, 5) is 0.621. The minimum absolute atomic E-state index is 0.500. The van der Waals surface area contributed by atoms with Crippen molar-refractivity contribution < 1.29 is 13.2 Å². The topological polar surface area (TPSA) is 46.6 Å². The number of hydrogen-bond donors (Lipinski definition) is 0. The standard InChI is InChI=1S/C10H17NO3S/c12-15(13,10-4-2-1-3-5-10)11-6-8-14-9-7-11/h4H,1-3,5-9H2. The molecule has 1 saturated heterocycles. The maximum Gasteiger partial charge on any atom is 0.239 e. The zero-order valence-electron chi connectivity index (χ0n) is 8.81. The zero-order valence-corrected chi connectivity index (χ0v) is 9.63. The van der Waals surface area contributed by atoms with Gasteiger partial charge in [0.05, 0.1) is 18.1 Å². The van der Waals surface area contributed by atoms with E-state index in [-0.39, 0.29) is 0 Å². The molecule has 1 aliphatic carbocycles. The molecule has 5 heteroatoms. The molecule has 15 heavy (non-hydrogen) atoms. The number of morpholine rings is 1. The molecule has 4 nitrogen and oxygen atoms in total. The summed E-state index contributed by atoms with van der Waals surface area (Å²) in [7, 11) is -3.17. The lowest BCUT2D eigenvalue weighted by molar-refractivity contribution is 0.0733. The second-order valence-electron chi connectivity index (χ2n) is 3.93. The Hall–Kier alpha value is -0.390. The molecule has 0 spiro atoms. The quantitative estimate of drug-likeness (QED) is 0.715. The molecule has 0 aromatic carbocycles. The summed E-state index contributed by atoms with van der Waals surface area (Å²) < 4.78 is 31.0. The van der Waals surface area contributed by atoms with E-state index in [0.717, 1.165) is 19.3 Å². The third-order valence-electron chi connectivity index (χ3n) is 2.89. The van der Waals surface area contributed by atoms with Crippen LogP contribution < -0.4 is 0 Å². The number of sulfonamides is 1. The molecule has 86 valence electrons. The highest BCUT2D eigenvalue weighted by atomic mass is 32.2. The van der Waals surface area contributed by atoms with Crippen LogP contribution in [-0.2, 0) is 14.8 Å². The van der Waals surface area contributed by atoms with Crippen molar-refractivity contribution in [3.05, 3.63) is 11.0 Å². The molecule has 0 bridgehead atoms. The smallest absolute Gasteiger partial charge is 0.239 e. The number of ether oxygens (including phenoxy) is 1. The van der Waals surface area contributed by atoms with Crippen molar-refractivity contribution in [1.82, 2.24) is 4.31 Å². The summed E-state index contributed by atoms with van der Waals surface area (Å²) in [6.45, 7) is 2.04. The Labute approximate surface area is 91.0 Å². The first kappa shape index (κ1) is 11.1. The van der Waals surface area contributed by atoms with Crippen molar-refractivity contribution >= 4 is 10.0 Å². The number of hydrogen-bond acceptors (Lipinski definition) is 3. The van der Waals surface area contributed by atoms with Gasteiger partial charge in [-0.2, -0.15) is 4.31 Å². The van der Waals surface area contributed by atoms with Crippen molar-refractivity contribution in [3.8, 4) is 0 Å². The molecule has 0 aromatic heterocycles. The van der Waals surface area contributed by atoms with Crippen molar-refractivity contribution in [2.24, 2.45) is 0 Å². The van der Waals surface area contributed by atoms with Crippen LogP contribution in [-0.4, -0.2) is 39.0 Å². The van der Waals surface area contributed by atoms with Gasteiger partial charge in [0, 0.05) is 13.1 Å². The predicted octanol–water partition coefficient (Wildman–Crippen LogP) is 1.11. The lowest BCUT2D eigenvalue weighted by Gasteiger charge is -2.28. The molecule has 1 heterocycles. The molecule has 2 rings (SSSR count). The molecule has 0 aromatic rings. The Morgan fingerprint density at radius 2 is 1.93 bits per heavy atom. The van der Waals surface area contributed by atoms with Crippen LogP contribution in [0.15, 0.2) is 11.0 Å². The molecule has 0 amide bonds. The maximum atomic E-state index is 12.1. The molecule has 0 saturated carbocycles. The average Bonchev–Trinajstić information content (AvgIpc) is 2.31. The van der Waals surface area contributed by atoms with Crippen LogP contribution in [0.4, 0.5) is 0 Å². The van der Waals surface area contributed by atoms with Crippen LogP contribution in [0.2, 0.25) is 0 Å². The summed E-state index contributed by atoms with van der Waals surface area (Å²) in [6.07, 6.45) is 5.60. The van der Waals surface area contributed by atoms with Gasteiger partial charge < -0.3 is 4.74 Å². The summed E-state index contributed by atoms with van der Waals surface area (Å²) >= 11 is 0. The second-order valence-corrected chi connectivity index (χ2v) is 5.92. The van der Waals surface area contributed by atoms with Gasteiger partial charge in [0.25, 0.3) is 0 Å². The largest absolute Gasteiger partial charge is 0.379 e. The third kappa shape index (κ3) is 2.41. The molecule has 0 atom stereocenters. The van der Waals surface area contributed by atoms with Crippen LogP contribution in [0, 0.1) is 0 Å². The first-order valence-electron chi connectivity index (χ1n) is 5.48. The Morgan fingerprint density at radius 3 is 2.53 bits per heavy atom. The minimum atomic E-state index is -3.17. The number of nitrogens with zero attached hydrogens (tertiary/aromatic N) is 1. The van der Waals surface area contributed by atoms with Crippen LogP contribution in [0.5, 0.6) is 0 Å². The molecule has 1 fully saturated rings. The fraction of sp³-hybridized carbons (Fsp3) is 0.800. The van der Waals surface area contributed by atoms with E-state index in [1.807, 2.05) is 6.08 Å². The molecule has 0 unspecified atom stereocenters. The van der Waals surface area contributed by atoms with Crippen molar-refractivity contribution in [1.29, 1.82) is 0 Å². The van der Waals surface area contributed by atoms with Gasteiger partial charge in [-0.3, -0.25) is 0 Å². The van der Waals surface area contributed by atoms with E-state index in [1.54, 1.807) is 4.31 Å². The van der Waals surface area contributed by atoms with Crippen molar-refractivity contribution in [2.45, 2.75) is 25.7 Å². The molecule has 0 N–H and O–H groups in total. The van der Waals surface area contributed by atoms with E-state index in [2.05, 4.69) is 0 Å². The Bertz CT molecular complexity index is 342. The van der Waals surface area contributed by atoms with E-state index in [4.69, 9.17) is 4.74 Å². The Morgan fingerprint density at radius 1 is 1.20 bits per heavy atom. The van der Waals surface area contributed by atoms with E-state index in [0.29, 0.717) is 37.6 Å². The molecule has 0 radical (unpaired) electrons. The predicted molar refractivity (Wildman–Crippen MR) is 57.9 cm³/mol. The maximum absolute atomic E-state index is 12.1. The van der Waals surface area contributed by atoms with Crippen LogP contribution in [0.1, 0.15) is 25.7 Å². The number of rotatable bonds is 2. The third-order valence-corrected chi connectivity index (χ3v) is 4.97. The van der Waals surface area contributed by atoms with Gasteiger partial charge >= 0.3 is 0 Å². The first-order valence-corrected chi connectivity index (χ1v) is 6.92. The average molecular weight is 231 g/mol. The van der Waals surface area contributed by atoms with Gasteiger partial charge in [0.15, 0.2) is 0 Å². The fourth-order valence-corrected chi connectivity index (χ4v) is 3.69.